The summed E-state index contributed by atoms with van der Waals surface area (Å²) in [4.78, 5) is 13.4. The predicted octanol–water partition coefficient (Wildman–Crippen LogP) is 2.55. The van der Waals surface area contributed by atoms with E-state index in [1.807, 2.05) is 24.4 Å². The lowest BCUT2D eigenvalue weighted by atomic mass is 10.0. The maximum absolute atomic E-state index is 11.4. The van der Waals surface area contributed by atoms with Gasteiger partial charge in [-0.25, -0.2) is 9.48 Å². The highest BCUT2D eigenvalue weighted by Crippen LogP contribution is 2.36. The van der Waals surface area contributed by atoms with E-state index in [0.29, 0.717) is 6.54 Å². The van der Waals surface area contributed by atoms with Crippen LogP contribution < -0.4 is 4.90 Å². The van der Waals surface area contributed by atoms with E-state index in [0.717, 1.165) is 5.69 Å². The summed E-state index contributed by atoms with van der Waals surface area (Å²) >= 11 is 0. The zero-order valence-electron chi connectivity index (χ0n) is 10.6. The van der Waals surface area contributed by atoms with Crippen molar-refractivity contribution in [3.05, 3.63) is 36.4 Å². The fourth-order valence-corrected chi connectivity index (χ4v) is 2.53. The fraction of sp³-hybridized carbons (Fsp3) is 0.200. The van der Waals surface area contributed by atoms with Crippen molar-refractivity contribution in [2.45, 2.75) is 6.92 Å². The third-order valence-corrected chi connectivity index (χ3v) is 3.26. The smallest absolute Gasteiger partial charge is 0.244 e. The van der Waals surface area contributed by atoms with Gasteiger partial charge in [-0.2, -0.15) is 0 Å². The molecule has 0 atom stereocenters. The zero-order valence-corrected chi connectivity index (χ0v) is 10.6. The van der Waals surface area contributed by atoms with Gasteiger partial charge in [-0.05, 0) is 24.4 Å². The summed E-state index contributed by atoms with van der Waals surface area (Å²) in [5.41, 5.74) is 2.29. The molecule has 0 radical (unpaired) electrons. The van der Waals surface area contributed by atoms with Crippen molar-refractivity contribution in [1.29, 1.82) is 0 Å². The molecule has 1 aliphatic rings. The Labute approximate surface area is 106 Å². The Balaban J connectivity index is 2.28. The first kappa shape index (κ1) is 11.0. The van der Waals surface area contributed by atoms with Crippen molar-refractivity contribution in [2.75, 3.05) is 18.5 Å². The van der Waals surface area contributed by atoms with Gasteiger partial charge in [0.1, 0.15) is 17.9 Å². The minimum Gasteiger partial charge on any atom is -0.296 e. The van der Waals surface area contributed by atoms with Gasteiger partial charge in [0.25, 0.3) is 0 Å². The van der Waals surface area contributed by atoms with Gasteiger partial charge >= 0.3 is 0 Å². The molecule has 0 fully saturated rings. The zero-order chi connectivity index (χ0) is 12.7. The molecule has 0 saturated carbocycles. The van der Waals surface area contributed by atoms with Gasteiger partial charge in [-0.1, -0.05) is 24.3 Å². The average molecular weight is 239 g/mol. The molecule has 0 spiro atoms. The Hall–Kier alpha value is -2.16. The van der Waals surface area contributed by atoms with Crippen LogP contribution in [0.15, 0.2) is 36.4 Å². The van der Waals surface area contributed by atoms with E-state index in [2.05, 4.69) is 34.9 Å². The van der Waals surface area contributed by atoms with Crippen LogP contribution in [0.5, 0.6) is 0 Å². The molecule has 18 heavy (non-hydrogen) atoms. The first-order valence-corrected chi connectivity index (χ1v) is 6.02. The number of nitrogens with zero attached hydrogens (tertiary/aromatic N) is 2. The highest BCUT2D eigenvalue weighted by Gasteiger charge is 2.24. The molecule has 1 aliphatic heterocycles. The van der Waals surface area contributed by atoms with Gasteiger partial charge in [0.2, 0.25) is 6.34 Å². The lowest BCUT2D eigenvalue weighted by Gasteiger charge is -2.20. The Kier molecular flexibility index (Phi) is 2.40. The van der Waals surface area contributed by atoms with Crippen LogP contribution in [0.25, 0.3) is 10.8 Å². The van der Waals surface area contributed by atoms with Crippen LogP contribution in [0.2, 0.25) is 0 Å². The predicted molar refractivity (Wildman–Crippen MR) is 73.9 cm³/mol. The van der Waals surface area contributed by atoms with E-state index in [9.17, 15) is 4.79 Å². The molecule has 3 nitrogen and oxygen atoms in total. The highest BCUT2D eigenvalue weighted by atomic mass is 16.1. The van der Waals surface area contributed by atoms with Crippen LogP contribution in [0, 0.1) is 0 Å². The van der Waals surface area contributed by atoms with Gasteiger partial charge in [-0.3, -0.25) is 4.79 Å². The minimum absolute atomic E-state index is 0.163. The average Bonchev–Trinajstić information content (AvgIpc) is 2.34. The van der Waals surface area contributed by atoms with Crippen molar-refractivity contribution in [2.24, 2.45) is 0 Å². The third-order valence-electron chi connectivity index (χ3n) is 3.26. The van der Waals surface area contributed by atoms with Gasteiger partial charge in [0.15, 0.2) is 5.78 Å². The number of carbonyl (C=O) groups is 1. The third kappa shape index (κ3) is 1.59. The normalized spacial score (nSPS) is 13.7. The Morgan fingerprint density at radius 3 is 2.67 bits per heavy atom. The van der Waals surface area contributed by atoms with E-state index in [-0.39, 0.29) is 5.78 Å². The second kappa shape index (κ2) is 3.95. The lowest BCUT2D eigenvalue weighted by Crippen LogP contribution is -2.32. The summed E-state index contributed by atoms with van der Waals surface area (Å²) in [6, 6.07) is 12.5. The van der Waals surface area contributed by atoms with Crippen LogP contribution in [0.1, 0.15) is 6.92 Å². The van der Waals surface area contributed by atoms with Gasteiger partial charge in [0.05, 0.1) is 12.4 Å². The van der Waals surface area contributed by atoms with Crippen molar-refractivity contribution in [3.63, 3.8) is 0 Å². The topological polar surface area (TPSA) is 23.3 Å². The van der Waals surface area contributed by atoms with Gasteiger partial charge < -0.3 is 0 Å². The minimum atomic E-state index is 0.163. The summed E-state index contributed by atoms with van der Waals surface area (Å²) in [5.74, 6) is 0.163. The van der Waals surface area contributed by atoms with E-state index < -0.39 is 0 Å². The van der Waals surface area contributed by atoms with Gasteiger partial charge in [0, 0.05) is 0 Å². The van der Waals surface area contributed by atoms with E-state index in [4.69, 9.17) is 0 Å². The SMILES string of the molecule is CC(=O)CN1C=[N+](C)c2cccc3cccc1c23. The maximum Gasteiger partial charge on any atom is 0.244 e. The Morgan fingerprint density at radius 2 is 1.94 bits per heavy atom. The number of anilines is 1. The molecule has 3 heteroatoms. The lowest BCUT2D eigenvalue weighted by molar-refractivity contribution is -0.399. The molecule has 2 aromatic carbocycles. The Bertz CT molecular complexity index is 668. The molecular formula is C15H15N2O+. The number of Topliss-reactive ketones (excluding diaryl/α,β-unsaturated/α-hetero) is 1. The molecule has 0 aromatic heterocycles. The number of hydrogen-bond donors (Lipinski definition) is 0. The summed E-state index contributed by atoms with van der Waals surface area (Å²) in [6.07, 6.45) is 1.98. The van der Waals surface area contributed by atoms with Crippen LogP contribution in [0.3, 0.4) is 0 Å². The molecule has 0 aliphatic carbocycles. The molecule has 2 aromatic rings. The number of benzene rings is 2. The highest BCUT2D eigenvalue weighted by molar-refractivity contribution is 6.07. The Morgan fingerprint density at radius 1 is 1.22 bits per heavy atom. The quantitative estimate of drug-likeness (QED) is 0.752. The molecule has 1 heterocycles. The number of carbonyl (C=O) groups excluding carboxylic acids is 1. The van der Waals surface area contributed by atoms with Crippen LogP contribution >= 0.6 is 0 Å². The van der Waals surface area contributed by atoms with Crippen molar-refractivity contribution in [3.8, 4) is 0 Å². The summed E-state index contributed by atoms with van der Waals surface area (Å²) in [5, 5.41) is 2.42. The summed E-state index contributed by atoms with van der Waals surface area (Å²) < 4.78 is 2.07. The second-order valence-corrected chi connectivity index (χ2v) is 4.71. The van der Waals surface area contributed by atoms with Gasteiger partial charge in [-0.15, -0.1) is 0 Å². The van der Waals surface area contributed by atoms with Crippen LogP contribution in [-0.4, -0.2) is 30.3 Å². The maximum atomic E-state index is 11.4. The van der Waals surface area contributed by atoms with Crippen molar-refractivity contribution >= 4 is 34.3 Å². The molecule has 0 bridgehead atoms. The van der Waals surface area contributed by atoms with Crippen molar-refractivity contribution in [1.82, 2.24) is 0 Å². The van der Waals surface area contributed by atoms with Crippen LogP contribution in [-0.2, 0) is 4.79 Å². The monoisotopic (exact) mass is 239 g/mol. The van der Waals surface area contributed by atoms with Crippen LogP contribution in [0.4, 0.5) is 11.4 Å². The van der Waals surface area contributed by atoms with Crippen molar-refractivity contribution < 1.29 is 9.37 Å². The van der Waals surface area contributed by atoms with E-state index in [1.165, 1.54) is 16.5 Å². The number of ketones is 1. The molecule has 0 unspecified atom stereocenters. The molecular weight excluding hydrogens is 224 g/mol. The molecule has 0 saturated heterocycles. The van der Waals surface area contributed by atoms with E-state index in [1.54, 1.807) is 6.92 Å². The van der Waals surface area contributed by atoms with E-state index >= 15 is 0 Å². The number of hydrogen-bond acceptors (Lipinski definition) is 2. The summed E-state index contributed by atoms with van der Waals surface area (Å²) in [7, 11) is 2.01. The largest absolute Gasteiger partial charge is 0.296 e. The summed E-state index contributed by atoms with van der Waals surface area (Å²) in [6.45, 7) is 2.03. The second-order valence-electron chi connectivity index (χ2n) is 4.71. The molecule has 3 rings (SSSR count). The first-order valence-electron chi connectivity index (χ1n) is 6.02. The standard InChI is InChI=1S/C15H15N2O/c1-11(18)9-17-10-16(2)13-7-3-5-12-6-4-8-14(17)15(12)13/h3-8,10H,9H2,1-2H3/q+1. The molecule has 0 N–H and O–H groups in total. The molecule has 0 amide bonds. The first-order chi connectivity index (χ1) is 8.66. The molecule has 90 valence electrons. The fourth-order valence-electron chi connectivity index (χ4n) is 2.53. The number of rotatable bonds is 2.